The quantitative estimate of drug-likeness (QED) is 0.671. The minimum absolute atomic E-state index is 0.202. The van der Waals surface area contributed by atoms with Crippen LogP contribution in [0.5, 0.6) is 0 Å². The number of aryl methyl sites for hydroxylation is 2. The molecule has 1 aliphatic rings. The van der Waals surface area contributed by atoms with Gasteiger partial charge in [-0.25, -0.2) is 14.6 Å². The molecule has 1 atom stereocenters. The number of aromatic nitrogens is 6. The Labute approximate surface area is 141 Å². The highest BCUT2D eigenvalue weighted by atomic mass is 32.2. The summed E-state index contributed by atoms with van der Waals surface area (Å²) in [6.07, 6.45) is 3.97. The highest BCUT2D eigenvalue weighted by Crippen LogP contribution is 2.36. The molecule has 0 amide bonds. The van der Waals surface area contributed by atoms with Gasteiger partial charge < -0.3 is 4.74 Å². The second-order valence-electron chi connectivity index (χ2n) is 5.52. The van der Waals surface area contributed by atoms with E-state index in [-0.39, 0.29) is 6.10 Å². The first kappa shape index (κ1) is 15.0. The van der Waals surface area contributed by atoms with Gasteiger partial charge in [0.25, 0.3) is 0 Å². The maximum atomic E-state index is 5.67. The van der Waals surface area contributed by atoms with Crippen LogP contribution in [0.1, 0.15) is 23.3 Å². The molecule has 0 aromatic carbocycles. The molecule has 7 nitrogen and oxygen atoms in total. The molecule has 0 N–H and O–H groups in total. The van der Waals surface area contributed by atoms with Gasteiger partial charge in [0, 0.05) is 16.9 Å². The number of thiophene rings is 1. The molecule has 1 saturated heterocycles. The van der Waals surface area contributed by atoms with E-state index < -0.39 is 0 Å². The first-order chi connectivity index (χ1) is 11.2. The van der Waals surface area contributed by atoms with Crippen LogP contribution in [0.3, 0.4) is 0 Å². The van der Waals surface area contributed by atoms with Crippen LogP contribution in [-0.2, 0) is 11.3 Å². The van der Waals surface area contributed by atoms with Crippen LogP contribution < -0.4 is 0 Å². The maximum Gasteiger partial charge on any atom is 0.215 e. The Morgan fingerprint density at radius 1 is 1.39 bits per heavy atom. The number of hydrogen-bond acceptors (Lipinski definition) is 8. The molecule has 120 valence electrons. The largest absolute Gasteiger partial charge is 0.376 e. The van der Waals surface area contributed by atoms with Gasteiger partial charge in [-0.15, -0.1) is 16.4 Å². The van der Waals surface area contributed by atoms with Gasteiger partial charge in [-0.05, 0) is 54.4 Å². The minimum Gasteiger partial charge on any atom is -0.376 e. The predicted octanol–water partition coefficient (Wildman–Crippen LogP) is 2.62. The van der Waals surface area contributed by atoms with Crippen molar-refractivity contribution in [2.24, 2.45) is 0 Å². The smallest absolute Gasteiger partial charge is 0.215 e. The average molecular weight is 348 g/mol. The number of fused-ring (bicyclic) bond motifs is 1. The van der Waals surface area contributed by atoms with Crippen molar-refractivity contribution < 1.29 is 4.74 Å². The zero-order valence-electron chi connectivity index (χ0n) is 12.9. The van der Waals surface area contributed by atoms with E-state index in [1.165, 1.54) is 22.2 Å². The Morgan fingerprint density at radius 3 is 3.13 bits per heavy atom. The van der Waals surface area contributed by atoms with Crippen molar-refractivity contribution >= 4 is 33.3 Å². The van der Waals surface area contributed by atoms with Crippen LogP contribution in [0.25, 0.3) is 10.2 Å². The normalized spacial score (nSPS) is 18.1. The SMILES string of the molecule is Cc1sc2ncnc(Sc3nnnn3CC3CCCO3)c2c1C. The van der Waals surface area contributed by atoms with Gasteiger partial charge >= 0.3 is 0 Å². The van der Waals surface area contributed by atoms with Gasteiger partial charge in [0.05, 0.1) is 12.6 Å². The summed E-state index contributed by atoms with van der Waals surface area (Å²) < 4.78 is 7.48. The third kappa shape index (κ3) is 2.84. The summed E-state index contributed by atoms with van der Waals surface area (Å²) in [5, 5.41) is 14.8. The van der Waals surface area contributed by atoms with E-state index in [9.17, 15) is 0 Å². The van der Waals surface area contributed by atoms with E-state index in [1.807, 2.05) is 4.68 Å². The van der Waals surface area contributed by atoms with Gasteiger partial charge in [0.1, 0.15) is 16.2 Å². The lowest BCUT2D eigenvalue weighted by molar-refractivity contribution is 0.0912. The first-order valence-corrected chi connectivity index (χ1v) is 9.12. The molecule has 0 radical (unpaired) electrons. The molecule has 0 bridgehead atoms. The molecule has 4 rings (SSSR count). The van der Waals surface area contributed by atoms with Gasteiger partial charge in [0.2, 0.25) is 5.16 Å². The van der Waals surface area contributed by atoms with Crippen molar-refractivity contribution in [3.8, 4) is 0 Å². The van der Waals surface area contributed by atoms with Crippen LogP contribution in [0, 0.1) is 13.8 Å². The standard InChI is InChI=1S/C14H16N6OS2/c1-8-9(2)22-12-11(8)13(16-7-15-12)23-14-17-18-19-20(14)6-10-4-3-5-21-10/h7,10H,3-6H2,1-2H3. The van der Waals surface area contributed by atoms with Crippen LogP contribution in [-0.4, -0.2) is 42.9 Å². The van der Waals surface area contributed by atoms with Crippen molar-refractivity contribution in [1.29, 1.82) is 0 Å². The van der Waals surface area contributed by atoms with Crippen LogP contribution >= 0.6 is 23.1 Å². The first-order valence-electron chi connectivity index (χ1n) is 7.48. The Balaban J connectivity index is 1.65. The lowest BCUT2D eigenvalue weighted by Gasteiger charge is -2.10. The summed E-state index contributed by atoms with van der Waals surface area (Å²) in [5.41, 5.74) is 1.23. The molecule has 1 fully saturated rings. The minimum atomic E-state index is 0.202. The highest BCUT2D eigenvalue weighted by molar-refractivity contribution is 7.99. The van der Waals surface area contributed by atoms with E-state index in [2.05, 4.69) is 39.3 Å². The second-order valence-corrected chi connectivity index (χ2v) is 7.68. The van der Waals surface area contributed by atoms with Crippen molar-refractivity contribution in [3.05, 3.63) is 16.8 Å². The maximum absolute atomic E-state index is 5.67. The zero-order chi connectivity index (χ0) is 15.8. The molecule has 4 heterocycles. The molecular weight excluding hydrogens is 332 g/mol. The summed E-state index contributed by atoms with van der Waals surface area (Å²) in [6.45, 7) is 5.73. The van der Waals surface area contributed by atoms with E-state index in [0.29, 0.717) is 6.54 Å². The summed E-state index contributed by atoms with van der Waals surface area (Å²) in [4.78, 5) is 11.1. The van der Waals surface area contributed by atoms with Gasteiger partial charge in [-0.3, -0.25) is 0 Å². The fourth-order valence-electron chi connectivity index (χ4n) is 2.68. The molecular formula is C14H16N6OS2. The van der Waals surface area contributed by atoms with Crippen molar-refractivity contribution in [2.75, 3.05) is 6.61 Å². The molecule has 0 saturated carbocycles. The Hall–Kier alpha value is -1.58. The van der Waals surface area contributed by atoms with Crippen LogP contribution in [0.2, 0.25) is 0 Å². The fraction of sp³-hybridized carbons (Fsp3) is 0.500. The monoisotopic (exact) mass is 348 g/mol. The van der Waals surface area contributed by atoms with Gasteiger partial charge in [0.15, 0.2) is 0 Å². The molecule has 0 spiro atoms. The predicted molar refractivity (Wildman–Crippen MR) is 87.8 cm³/mol. The molecule has 9 heteroatoms. The van der Waals surface area contributed by atoms with E-state index in [0.717, 1.165) is 39.8 Å². The molecule has 23 heavy (non-hydrogen) atoms. The summed E-state index contributed by atoms with van der Waals surface area (Å²) >= 11 is 3.18. The van der Waals surface area contributed by atoms with Gasteiger partial charge in [-0.2, -0.15) is 0 Å². The van der Waals surface area contributed by atoms with Crippen molar-refractivity contribution in [2.45, 2.75) is 49.5 Å². The molecule has 1 aliphatic heterocycles. The number of tetrazole rings is 1. The molecule has 3 aromatic rings. The number of nitrogens with zero attached hydrogens (tertiary/aromatic N) is 6. The number of hydrogen-bond donors (Lipinski definition) is 0. The number of ether oxygens (including phenoxy) is 1. The summed E-state index contributed by atoms with van der Waals surface area (Å²) in [5.74, 6) is 0. The second kappa shape index (κ2) is 6.14. The van der Waals surface area contributed by atoms with Crippen molar-refractivity contribution in [1.82, 2.24) is 30.2 Å². The third-order valence-corrected chi connectivity index (χ3v) is 6.11. The Kier molecular flexibility index (Phi) is 4.00. The van der Waals surface area contributed by atoms with Crippen molar-refractivity contribution in [3.63, 3.8) is 0 Å². The number of rotatable bonds is 4. The topological polar surface area (TPSA) is 78.6 Å². The van der Waals surface area contributed by atoms with Crippen LogP contribution in [0.4, 0.5) is 0 Å². The fourth-order valence-corrected chi connectivity index (χ4v) is 4.66. The van der Waals surface area contributed by atoms with E-state index >= 15 is 0 Å². The highest BCUT2D eigenvalue weighted by Gasteiger charge is 2.20. The van der Waals surface area contributed by atoms with E-state index in [4.69, 9.17) is 4.74 Å². The lowest BCUT2D eigenvalue weighted by atomic mass is 10.2. The van der Waals surface area contributed by atoms with Crippen LogP contribution in [0.15, 0.2) is 16.5 Å². The average Bonchev–Trinajstić information content (AvgIpc) is 3.25. The molecule has 3 aromatic heterocycles. The lowest BCUT2D eigenvalue weighted by Crippen LogP contribution is -2.16. The Morgan fingerprint density at radius 2 is 2.30 bits per heavy atom. The third-order valence-electron chi connectivity index (χ3n) is 4.02. The molecule has 1 unspecified atom stereocenters. The summed E-state index contributed by atoms with van der Waals surface area (Å²) in [6, 6.07) is 0. The molecule has 0 aliphatic carbocycles. The van der Waals surface area contributed by atoms with Gasteiger partial charge in [-0.1, -0.05) is 0 Å². The summed E-state index contributed by atoms with van der Waals surface area (Å²) in [7, 11) is 0. The zero-order valence-corrected chi connectivity index (χ0v) is 14.5. The van der Waals surface area contributed by atoms with E-state index in [1.54, 1.807) is 17.7 Å². The Bertz CT molecular complexity index is 839.